The van der Waals surface area contributed by atoms with Crippen LogP contribution in [0.15, 0.2) is 78.9 Å². The lowest BCUT2D eigenvalue weighted by molar-refractivity contribution is -0.117. The van der Waals surface area contributed by atoms with E-state index >= 15 is 0 Å². The van der Waals surface area contributed by atoms with E-state index in [2.05, 4.69) is 15.6 Å². The Morgan fingerprint density at radius 2 is 1.67 bits per heavy atom. The molecule has 1 aromatic heterocycles. The Labute approximate surface area is 197 Å². The van der Waals surface area contributed by atoms with Crippen LogP contribution >= 0.6 is 11.3 Å². The molecule has 0 bridgehead atoms. The van der Waals surface area contributed by atoms with Gasteiger partial charge in [0.2, 0.25) is 5.91 Å². The fraction of sp³-hybridized carbons (Fsp3) is 0.192. The van der Waals surface area contributed by atoms with E-state index in [-0.39, 0.29) is 18.4 Å². The number of carbonyl (C=O) groups is 2. The first-order valence-corrected chi connectivity index (χ1v) is 11.6. The van der Waals surface area contributed by atoms with Gasteiger partial charge in [-0.25, -0.2) is 4.98 Å². The van der Waals surface area contributed by atoms with E-state index in [1.165, 1.54) is 0 Å². The molecule has 4 rings (SSSR count). The predicted octanol–water partition coefficient (Wildman–Crippen LogP) is 4.34. The van der Waals surface area contributed by atoms with Gasteiger partial charge in [0.05, 0.1) is 34.6 Å². The number of hydrogen-bond acceptors (Lipinski definition) is 5. The molecule has 2 N–H and O–H groups in total. The number of benzene rings is 3. The Morgan fingerprint density at radius 1 is 0.939 bits per heavy atom. The number of nitrogens with one attached hydrogen (secondary N) is 2. The quantitative estimate of drug-likeness (QED) is 0.391. The Kier molecular flexibility index (Phi) is 7.44. The minimum atomic E-state index is -0.204. The van der Waals surface area contributed by atoms with Crippen LogP contribution in [0.4, 0.5) is 5.69 Å². The molecule has 0 aliphatic carbocycles. The van der Waals surface area contributed by atoms with Crippen molar-refractivity contribution in [3.63, 3.8) is 0 Å². The van der Waals surface area contributed by atoms with Gasteiger partial charge in [-0.2, -0.15) is 0 Å². The molecule has 0 fully saturated rings. The molecule has 2 amide bonds. The predicted molar refractivity (Wildman–Crippen MR) is 134 cm³/mol. The van der Waals surface area contributed by atoms with Gasteiger partial charge in [0.25, 0.3) is 5.91 Å². The molecule has 33 heavy (non-hydrogen) atoms. The second-order valence-electron chi connectivity index (χ2n) is 7.83. The van der Waals surface area contributed by atoms with Crippen molar-refractivity contribution in [2.45, 2.75) is 13.0 Å². The van der Waals surface area contributed by atoms with Crippen molar-refractivity contribution >= 4 is 39.1 Å². The molecule has 0 spiro atoms. The van der Waals surface area contributed by atoms with Crippen molar-refractivity contribution in [3.05, 3.63) is 95.0 Å². The molecule has 0 atom stereocenters. The summed E-state index contributed by atoms with van der Waals surface area (Å²) in [6.07, 6.45) is 0.748. The maximum atomic E-state index is 12.7. The van der Waals surface area contributed by atoms with Gasteiger partial charge in [-0.15, -0.1) is 11.3 Å². The Balaban J connectivity index is 1.31. The van der Waals surface area contributed by atoms with Crippen LogP contribution in [0.1, 0.15) is 20.9 Å². The fourth-order valence-corrected chi connectivity index (χ4v) is 4.61. The van der Waals surface area contributed by atoms with Crippen LogP contribution in [0, 0.1) is 0 Å². The summed E-state index contributed by atoms with van der Waals surface area (Å²) in [6, 6.07) is 25.1. The molecule has 0 saturated heterocycles. The zero-order valence-corrected chi connectivity index (χ0v) is 19.3. The standard InChI is InChI=1S/C26H26N4O2S/c1-30(18-25-29-22-13-7-8-14-23(22)33-25)17-24(31)28-21-12-6-5-11-20(21)26(32)27-16-15-19-9-3-2-4-10-19/h2-14H,15-18H2,1H3,(H,27,32)(H,28,31). The number of amides is 2. The lowest BCUT2D eigenvalue weighted by atomic mass is 10.1. The first-order chi connectivity index (χ1) is 16.1. The lowest BCUT2D eigenvalue weighted by Crippen LogP contribution is -2.31. The molecule has 168 valence electrons. The second-order valence-corrected chi connectivity index (χ2v) is 8.95. The molecule has 0 radical (unpaired) electrons. The Morgan fingerprint density at radius 3 is 2.48 bits per heavy atom. The summed E-state index contributed by atoms with van der Waals surface area (Å²) < 4.78 is 1.14. The van der Waals surface area contributed by atoms with Gasteiger partial charge in [0.15, 0.2) is 0 Å². The van der Waals surface area contributed by atoms with E-state index in [9.17, 15) is 9.59 Å². The monoisotopic (exact) mass is 458 g/mol. The summed E-state index contributed by atoms with van der Waals surface area (Å²) in [5, 5.41) is 6.79. The van der Waals surface area contributed by atoms with Crippen LogP contribution in [0.25, 0.3) is 10.2 Å². The minimum absolute atomic E-state index is 0.178. The van der Waals surface area contributed by atoms with Gasteiger partial charge >= 0.3 is 0 Å². The molecule has 6 nitrogen and oxygen atoms in total. The SMILES string of the molecule is CN(CC(=O)Nc1ccccc1C(=O)NCCc1ccccc1)Cc1nc2ccccc2s1. The van der Waals surface area contributed by atoms with Gasteiger partial charge in [0, 0.05) is 6.54 Å². The molecule has 0 unspecified atom stereocenters. The normalized spacial score (nSPS) is 11.0. The number of rotatable bonds is 9. The van der Waals surface area contributed by atoms with Gasteiger partial charge in [-0.3, -0.25) is 14.5 Å². The van der Waals surface area contributed by atoms with E-state index in [1.54, 1.807) is 35.6 Å². The maximum Gasteiger partial charge on any atom is 0.253 e. The van der Waals surface area contributed by atoms with Crippen LogP contribution in [0.3, 0.4) is 0 Å². The van der Waals surface area contributed by atoms with E-state index in [1.807, 2.05) is 66.5 Å². The number of anilines is 1. The lowest BCUT2D eigenvalue weighted by Gasteiger charge is -2.16. The summed E-state index contributed by atoms with van der Waals surface area (Å²) in [5.41, 5.74) is 3.10. The molecule has 1 heterocycles. The zero-order valence-electron chi connectivity index (χ0n) is 18.5. The average Bonchev–Trinajstić information content (AvgIpc) is 3.22. The number of hydrogen-bond donors (Lipinski definition) is 2. The highest BCUT2D eigenvalue weighted by Crippen LogP contribution is 2.22. The van der Waals surface area contributed by atoms with Crippen molar-refractivity contribution in [2.24, 2.45) is 0 Å². The molecule has 0 aliphatic rings. The van der Waals surface area contributed by atoms with Crippen molar-refractivity contribution < 1.29 is 9.59 Å². The third kappa shape index (κ3) is 6.25. The minimum Gasteiger partial charge on any atom is -0.352 e. The maximum absolute atomic E-state index is 12.7. The zero-order chi connectivity index (χ0) is 23.0. The molecule has 0 saturated carbocycles. The molecule has 4 aromatic rings. The highest BCUT2D eigenvalue weighted by molar-refractivity contribution is 7.18. The topological polar surface area (TPSA) is 74.3 Å². The van der Waals surface area contributed by atoms with Crippen molar-refractivity contribution in [1.82, 2.24) is 15.2 Å². The third-order valence-corrected chi connectivity index (χ3v) is 6.17. The number of thiazole rings is 1. The number of nitrogens with zero attached hydrogens (tertiary/aromatic N) is 2. The van der Waals surface area contributed by atoms with Crippen LogP contribution in [0.2, 0.25) is 0 Å². The largest absolute Gasteiger partial charge is 0.352 e. The smallest absolute Gasteiger partial charge is 0.253 e. The highest BCUT2D eigenvalue weighted by atomic mass is 32.1. The van der Waals surface area contributed by atoms with Gasteiger partial charge < -0.3 is 10.6 Å². The van der Waals surface area contributed by atoms with Crippen molar-refractivity contribution in [2.75, 3.05) is 25.5 Å². The van der Waals surface area contributed by atoms with Crippen LogP contribution in [-0.4, -0.2) is 41.8 Å². The summed E-state index contributed by atoms with van der Waals surface area (Å²) in [6.45, 7) is 1.30. The fourth-order valence-electron chi connectivity index (χ4n) is 3.56. The van der Waals surface area contributed by atoms with Crippen molar-refractivity contribution in [1.29, 1.82) is 0 Å². The van der Waals surface area contributed by atoms with E-state index in [4.69, 9.17) is 0 Å². The van der Waals surface area contributed by atoms with Crippen LogP contribution in [-0.2, 0) is 17.8 Å². The van der Waals surface area contributed by atoms with Crippen molar-refractivity contribution in [3.8, 4) is 0 Å². The average molecular weight is 459 g/mol. The first kappa shape index (κ1) is 22.6. The Hall–Kier alpha value is -3.55. The second kappa shape index (κ2) is 10.8. The number of fused-ring (bicyclic) bond motifs is 1. The molecule has 0 aliphatic heterocycles. The summed E-state index contributed by atoms with van der Waals surface area (Å²) in [7, 11) is 1.88. The summed E-state index contributed by atoms with van der Waals surface area (Å²) in [4.78, 5) is 31.9. The summed E-state index contributed by atoms with van der Waals surface area (Å²) >= 11 is 1.63. The Bertz CT molecular complexity index is 1210. The van der Waals surface area contributed by atoms with Gasteiger partial charge in [-0.1, -0.05) is 54.6 Å². The number of para-hydroxylation sites is 2. The van der Waals surface area contributed by atoms with Crippen LogP contribution in [0.5, 0.6) is 0 Å². The summed E-state index contributed by atoms with van der Waals surface area (Å²) in [5.74, 6) is -0.382. The highest BCUT2D eigenvalue weighted by Gasteiger charge is 2.15. The first-order valence-electron chi connectivity index (χ1n) is 10.8. The van der Waals surface area contributed by atoms with Gasteiger partial charge in [-0.05, 0) is 43.3 Å². The van der Waals surface area contributed by atoms with E-state index < -0.39 is 0 Å². The van der Waals surface area contributed by atoms with E-state index in [0.29, 0.717) is 24.3 Å². The molecule has 7 heteroatoms. The number of carbonyl (C=O) groups excluding carboxylic acids is 2. The molecular formula is C26H26N4O2S. The third-order valence-electron chi connectivity index (χ3n) is 5.14. The molecule has 3 aromatic carbocycles. The number of aromatic nitrogens is 1. The van der Waals surface area contributed by atoms with Gasteiger partial charge in [0.1, 0.15) is 5.01 Å². The van der Waals surface area contributed by atoms with E-state index in [0.717, 1.165) is 27.2 Å². The van der Waals surface area contributed by atoms with Crippen LogP contribution < -0.4 is 10.6 Å². The number of likely N-dealkylation sites (N-methyl/N-ethyl adjacent to an activating group) is 1. The molecular weight excluding hydrogens is 432 g/mol.